The Balaban J connectivity index is 1.67. The minimum Gasteiger partial charge on any atom is -0.497 e. The number of rotatable bonds is 7. The Morgan fingerprint density at radius 2 is 1.89 bits per heavy atom. The molecule has 0 spiro atoms. The molecule has 1 aliphatic rings. The number of nitrogens with zero attached hydrogens (tertiary/aromatic N) is 2. The highest BCUT2D eigenvalue weighted by molar-refractivity contribution is 7.89. The second-order valence-electron chi connectivity index (χ2n) is 6.92. The van der Waals surface area contributed by atoms with Gasteiger partial charge in [0.25, 0.3) is 5.56 Å². The van der Waals surface area contributed by atoms with Crippen molar-refractivity contribution in [2.24, 2.45) is 0 Å². The van der Waals surface area contributed by atoms with E-state index in [2.05, 4.69) is 9.88 Å². The molecule has 2 aromatic rings. The second kappa shape index (κ2) is 8.41. The Bertz CT molecular complexity index is 947. The summed E-state index contributed by atoms with van der Waals surface area (Å²) >= 11 is 0. The molecule has 1 aromatic heterocycles. The highest BCUT2D eigenvalue weighted by Crippen LogP contribution is 2.19. The first-order valence-corrected chi connectivity index (χ1v) is 10.9. The predicted octanol–water partition coefficient (Wildman–Crippen LogP) is 1.78. The van der Waals surface area contributed by atoms with Gasteiger partial charge in [0.1, 0.15) is 5.75 Å². The average Bonchev–Trinajstić information content (AvgIpc) is 2.67. The number of methoxy groups -OCH3 is 1. The van der Waals surface area contributed by atoms with E-state index in [1.54, 1.807) is 17.5 Å². The lowest BCUT2D eigenvalue weighted by molar-refractivity contribution is 0.181. The van der Waals surface area contributed by atoms with Gasteiger partial charge in [0, 0.05) is 44.4 Å². The van der Waals surface area contributed by atoms with E-state index in [-0.39, 0.29) is 11.3 Å². The second-order valence-corrected chi connectivity index (χ2v) is 9.01. The standard InChI is InChI=1S/C19H27N3O4S/c1-3-4-11-27(24,25)22-9-7-21(8-10-22)14-16-12-15-5-6-17(26-2)13-18(15)20-19(16)23/h5-6,12-13H,3-4,7-11,14H2,1-2H3,(H,20,23). The molecule has 0 saturated carbocycles. The number of sulfonamides is 1. The molecule has 1 N–H and O–H groups in total. The van der Waals surface area contributed by atoms with E-state index >= 15 is 0 Å². The zero-order chi connectivity index (χ0) is 19.4. The largest absolute Gasteiger partial charge is 0.497 e. The summed E-state index contributed by atoms with van der Waals surface area (Å²) < 4.78 is 31.4. The van der Waals surface area contributed by atoms with E-state index < -0.39 is 10.0 Å². The molecule has 148 valence electrons. The van der Waals surface area contributed by atoms with E-state index in [1.807, 2.05) is 25.1 Å². The zero-order valence-corrected chi connectivity index (χ0v) is 16.7. The van der Waals surface area contributed by atoms with Gasteiger partial charge >= 0.3 is 0 Å². The first-order chi connectivity index (χ1) is 12.9. The average molecular weight is 394 g/mol. The molecule has 27 heavy (non-hydrogen) atoms. The van der Waals surface area contributed by atoms with Crippen LogP contribution in [0.3, 0.4) is 0 Å². The smallest absolute Gasteiger partial charge is 0.252 e. The molecular weight excluding hydrogens is 366 g/mol. The van der Waals surface area contributed by atoms with E-state index in [0.717, 1.165) is 17.3 Å². The summed E-state index contributed by atoms with van der Waals surface area (Å²) in [5.41, 5.74) is 1.32. The van der Waals surface area contributed by atoms with Gasteiger partial charge in [-0.3, -0.25) is 9.69 Å². The van der Waals surface area contributed by atoms with Crippen LogP contribution in [-0.2, 0) is 16.6 Å². The van der Waals surface area contributed by atoms with Gasteiger partial charge in [0.15, 0.2) is 0 Å². The first kappa shape index (κ1) is 19.9. The summed E-state index contributed by atoms with van der Waals surface area (Å²) in [5, 5.41) is 0.950. The van der Waals surface area contributed by atoms with Crippen LogP contribution in [0, 0.1) is 0 Å². The maximum absolute atomic E-state index is 12.4. The molecular formula is C19H27N3O4S. The van der Waals surface area contributed by atoms with Gasteiger partial charge in [-0.15, -0.1) is 0 Å². The number of fused-ring (bicyclic) bond motifs is 1. The summed E-state index contributed by atoms with van der Waals surface area (Å²) in [6, 6.07) is 7.49. The van der Waals surface area contributed by atoms with Gasteiger partial charge in [0.05, 0.1) is 18.4 Å². The number of unbranched alkanes of at least 4 members (excludes halogenated alkanes) is 1. The predicted molar refractivity (Wildman–Crippen MR) is 107 cm³/mol. The van der Waals surface area contributed by atoms with Gasteiger partial charge in [-0.2, -0.15) is 4.31 Å². The topological polar surface area (TPSA) is 82.7 Å². The molecule has 1 saturated heterocycles. The number of hydrogen-bond donors (Lipinski definition) is 1. The van der Waals surface area contributed by atoms with Crippen molar-refractivity contribution in [1.29, 1.82) is 0 Å². The Labute approximate surface area is 160 Å². The third-order valence-corrected chi connectivity index (χ3v) is 6.96. The molecule has 1 aromatic carbocycles. The molecule has 0 atom stereocenters. The number of nitrogens with one attached hydrogen (secondary N) is 1. The summed E-state index contributed by atoms with van der Waals surface area (Å²) in [6.07, 6.45) is 1.57. The van der Waals surface area contributed by atoms with Crippen LogP contribution >= 0.6 is 0 Å². The van der Waals surface area contributed by atoms with E-state index in [1.165, 1.54) is 0 Å². The van der Waals surface area contributed by atoms with Crippen molar-refractivity contribution in [3.8, 4) is 5.75 Å². The number of aromatic nitrogens is 1. The van der Waals surface area contributed by atoms with Gasteiger partial charge in [-0.1, -0.05) is 13.3 Å². The summed E-state index contributed by atoms with van der Waals surface area (Å²) in [5.74, 6) is 0.920. The molecule has 0 amide bonds. The number of piperazine rings is 1. The molecule has 1 aliphatic heterocycles. The molecule has 2 heterocycles. The number of ether oxygens (including phenoxy) is 1. The Morgan fingerprint density at radius 1 is 1.15 bits per heavy atom. The van der Waals surface area contributed by atoms with Crippen molar-refractivity contribution in [2.75, 3.05) is 39.0 Å². The van der Waals surface area contributed by atoms with Crippen molar-refractivity contribution in [2.45, 2.75) is 26.3 Å². The van der Waals surface area contributed by atoms with Crippen LogP contribution in [0.1, 0.15) is 25.3 Å². The normalized spacial score (nSPS) is 16.7. The first-order valence-electron chi connectivity index (χ1n) is 9.33. The maximum atomic E-state index is 12.4. The van der Waals surface area contributed by atoms with Crippen LogP contribution in [0.2, 0.25) is 0 Å². The molecule has 0 bridgehead atoms. The summed E-state index contributed by atoms with van der Waals surface area (Å²) in [6.45, 7) is 4.73. The summed E-state index contributed by atoms with van der Waals surface area (Å²) in [7, 11) is -1.57. The van der Waals surface area contributed by atoms with Crippen molar-refractivity contribution >= 4 is 20.9 Å². The molecule has 7 nitrogen and oxygen atoms in total. The highest BCUT2D eigenvalue weighted by atomic mass is 32.2. The van der Waals surface area contributed by atoms with Crippen molar-refractivity contribution < 1.29 is 13.2 Å². The van der Waals surface area contributed by atoms with Crippen LogP contribution in [-0.4, -0.2) is 61.6 Å². The number of pyridine rings is 1. The highest BCUT2D eigenvalue weighted by Gasteiger charge is 2.26. The van der Waals surface area contributed by atoms with E-state index in [4.69, 9.17) is 4.74 Å². The quantitative estimate of drug-likeness (QED) is 0.775. The minimum atomic E-state index is -3.16. The number of aromatic amines is 1. The molecule has 0 radical (unpaired) electrons. The van der Waals surface area contributed by atoms with Gasteiger partial charge < -0.3 is 9.72 Å². The Hall–Kier alpha value is -1.90. The van der Waals surface area contributed by atoms with Gasteiger partial charge in [0.2, 0.25) is 10.0 Å². The van der Waals surface area contributed by atoms with Crippen LogP contribution in [0.25, 0.3) is 10.9 Å². The fraction of sp³-hybridized carbons (Fsp3) is 0.526. The van der Waals surface area contributed by atoms with Crippen molar-refractivity contribution in [3.63, 3.8) is 0 Å². The van der Waals surface area contributed by atoms with Crippen LogP contribution in [0.4, 0.5) is 0 Å². The third-order valence-electron chi connectivity index (χ3n) is 5.00. The van der Waals surface area contributed by atoms with Gasteiger partial charge in [-0.25, -0.2) is 8.42 Å². The maximum Gasteiger partial charge on any atom is 0.252 e. The van der Waals surface area contributed by atoms with Crippen LogP contribution in [0.5, 0.6) is 5.75 Å². The molecule has 1 fully saturated rings. The fourth-order valence-electron chi connectivity index (χ4n) is 3.33. The Kier molecular flexibility index (Phi) is 6.18. The number of benzene rings is 1. The van der Waals surface area contributed by atoms with Gasteiger partial charge in [-0.05, 0) is 30.0 Å². The monoisotopic (exact) mass is 393 g/mol. The van der Waals surface area contributed by atoms with E-state index in [9.17, 15) is 13.2 Å². The lowest BCUT2D eigenvalue weighted by Crippen LogP contribution is -2.49. The van der Waals surface area contributed by atoms with Crippen molar-refractivity contribution in [1.82, 2.24) is 14.2 Å². The zero-order valence-electron chi connectivity index (χ0n) is 15.9. The lowest BCUT2D eigenvalue weighted by Gasteiger charge is -2.33. The number of H-pyrrole nitrogens is 1. The minimum absolute atomic E-state index is 0.117. The number of hydrogen-bond acceptors (Lipinski definition) is 5. The molecule has 3 rings (SSSR count). The fourth-order valence-corrected chi connectivity index (χ4v) is 4.96. The SMILES string of the molecule is CCCCS(=O)(=O)N1CCN(Cc2cc3ccc(OC)cc3[nH]c2=O)CC1. The molecule has 0 unspecified atom stereocenters. The van der Waals surface area contributed by atoms with Crippen LogP contribution < -0.4 is 10.3 Å². The summed E-state index contributed by atoms with van der Waals surface area (Å²) in [4.78, 5) is 17.5. The third kappa shape index (κ3) is 4.69. The molecule has 0 aliphatic carbocycles. The Morgan fingerprint density at radius 3 is 2.56 bits per heavy atom. The van der Waals surface area contributed by atoms with Crippen molar-refractivity contribution in [3.05, 3.63) is 40.2 Å². The lowest BCUT2D eigenvalue weighted by atomic mass is 10.1. The van der Waals surface area contributed by atoms with E-state index in [0.29, 0.717) is 50.5 Å². The van der Waals surface area contributed by atoms with Crippen LogP contribution in [0.15, 0.2) is 29.1 Å². The molecule has 8 heteroatoms.